The van der Waals surface area contributed by atoms with E-state index in [0.29, 0.717) is 37.7 Å². The Morgan fingerprint density at radius 1 is 1.06 bits per heavy atom. The number of carbonyl (C=O) groups excluding carboxylic acids is 3. The third-order valence-corrected chi connectivity index (χ3v) is 7.02. The molecule has 4 amide bonds. The summed E-state index contributed by atoms with van der Waals surface area (Å²) in [5.74, 6) is -0.301. The first kappa shape index (κ1) is 22.6. The van der Waals surface area contributed by atoms with Crippen molar-refractivity contribution in [3.05, 3.63) is 48.3 Å². The first-order valence-corrected chi connectivity index (χ1v) is 12.2. The summed E-state index contributed by atoms with van der Waals surface area (Å²) < 4.78 is 23.4. The second-order valence-electron chi connectivity index (χ2n) is 8.16. The summed E-state index contributed by atoms with van der Waals surface area (Å²) in [7, 11) is -3.39. The van der Waals surface area contributed by atoms with Gasteiger partial charge in [-0.05, 0) is 30.7 Å². The van der Waals surface area contributed by atoms with Gasteiger partial charge in [0.1, 0.15) is 12.1 Å². The molecule has 3 heterocycles. The van der Waals surface area contributed by atoms with E-state index < -0.39 is 27.3 Å². The number of benzene rings is 1. The predicted molar refractivity (Wildman–Crippen MR) is 118 cm³/mol. The molecule has 174 valence electrons. The molecule has 2 aromatic rings. The van der Waals surface area contributed by atoms with Gasteiger partial charge in [-0.25, -0.2) is 23.2 Å². The van der Waals surface area contributed by atoms with Crippen molar-refractivity contribution < 1.29 is 22.8 Å². The third-order valence-electron chi connectivity index (χ3n) is 5.90. The first-order chi connectivity index (χ1) is 15.6. The predicted octanol–water partition coefficient (Wildman–Crippen LogP) is -0.00410. The zero-order valence-electron chi connectivity index (χ0n) is 18.3. The molecule has 2 saturated heterocycles. The fourth-order valence-electron chi connectivity index (χ4n) is 3.92. The van der Waals surface area contributed by atoms with Crippen LogP contribution in [0.15, 0.2) is 47.6 Å². The minimum Gasteiger partial charge on any atom is -0.338 e. The van der Waals surface area contributed by atoms with Gasteiger partial charge in [-0.3, -0.25) is 14.5 Å². The molecule has 12 heteroatoms. The van der Waals surface area contributed by atoms with Gasteiger partial charge in [0.15, 0.2) is 9.84 Å². The van der Waals surface area contributed by atoms with Gasteiger partial charge in [0, 0.05) is 44.8 Å². The molecule has 1 unspecified atom stereocenters. The van der Waals surface area contributed by atoms with Crippen LogP contribution in [0.4, 0.5) is 10.7 Å². The molecular weight excluding hydrogens is 448 g/mol. The number of carbonyl (C=O) groups is 3. The van der Waals surface area contributed by atoms with Crippen LogP contribution >= 0.6 is 0 Å². The Kier molecular flexibility index (Phi) is 5.78. The van der Waals surface area contributed by atoms with Crippen LogP contribution in [-0.4, -0.2) is 85.0 Å². The fourth-order valence-corrected chi connectivity index (χ4v) is 4.55. The Morgan fingerprint density at radius 2 is 1.67 bits per heavy atom. The van der Waals surface area contributed by atoms with Crippen molar-refractivity contribution in [2.45, 2.75) is 17.4 Å². The summed E-state index contributed by atoms with van der Waals surface area (Å²) in [6.07, 6.45) is 4.40. The van der Waals surface area contributed by atoms with Crippen LogP contribution in [0.1, 0.15) is 12.5 Å². The Bertz CT molecular complexity index is 1180. The maximum Gasteiger partial charge on any atom is 0.325 e. The molecule has 2 aliphatic heterocycles. The van der Waals surface area contributed by atoms with Crippen molar-refractivity contribution in [3.63, 3.8) is 0 Å². The number of rotatable bonds is 5. The molecule has 11 nitrogen and oxygen atoms in total. The minimum atomic E-state index is -3.39. The van der Waals surface area contributed by atoms with E-state index in [-0.39, 0.29) is 17.3 Å². The number of amides is 4. The maximum atomic E-state index is 13.1. The molecule has 33 heavy (non-hydrogen) atoms. The molecule has 2 fully saturated rings. The van der Waals surface area contributed by atoms with Gasteiger partial charge in [0.25, 0.3) is 5.91 Å². The van der Waals surface area contributed by atoms with Crippen LogP contribution in [0.25, 0.3) is 0 Å². The maximum absolute atomic E-state index is 13.1. The van der Waals surface area contributed by atoms with Crippen LogP contribution < -0.4 is 10.2 Å². The standard InChI is InChI=1S/C21H24N6O5S/c1-21(15-4-6-16(7-5-15)33(2,31)32)18(29)27(20(30)24-21)14-17(28)25-10-12-26(13-11-25)19-22-8-3-9-23-19/h3-9H,10-14H2,1-2H3,(H,24,30). The molecule has 1 aromatic heterocycles. The van der Waals surface area contributed by atoms with Gasteiger partial charge in [0.2, 0.25) is 11.9 Å². The highest BCUT2D eigenvalue weighted by Gasteiger charge is 2.49. The highest BCUT2D eigenvalue weighted by molar-refractivity contribution is 7.90. The minimum absolute atomic E-state index is 0.110. The van der Waals surface area contributed by atoms with Crippen molar-refractivity contribution in [3.8, 4) is 0 Å². The lowest BCUT2D eigenvalue weighted by atomic mass is 9.92. The van der Waals surface area contributed by atoms with Crippen molar-refractivity contribution in [1.82, 2.24) is 25.1 Å². The Hall–Kier alpha value is -3.54. The molecule has 2 aliphatic rings. The zero-order valence-corrected chi connectivity index (χ0v) is 19.1. The summed E-state index contributed by atoms with van der Waals surface area (Å²) in [5.41, 5.74) is -0.962. The van der Waals surface area contributed by atoms with E-state index in [1.165, 1.54) is 31.2 Å². The van der Waals surface area contributed by atoms with E-state index in [4.69, 9.17) is 0 Å². The summed E-state index contributed by atoms with van der Waals surface area (Å²) in [6, 6.07) is 6.82. The zero-order chi connectivity index (χ0) is 23.8. The monoisotopic (exact) mass is 472 g/mol. The highest BCUT2D eigenvalue weighted by Crippen LogP contribution is 2.29. The first-order valence-electron chi connectivity index (χ1n) is 10.3. The molecule has 4 rings (SSSR count). The van der Waals surface area contributed by atoms with Crippen molar-refractivity contribution in [2.24, 2.45) is 0 Å². The fraction of sp³-hybridized carbons (Fsp3) is 0.381. The molecule has 0 radical (unpaired) electrons. The molecule has 0 bridgehead atoms. The van der Waals surface area contributed by atoms with Crippen LogP contribution in [0.5, 0.6) is 0 Å². The van der Waals surface area contributed by atoms with E-state index in [9.17, 15) is 22.8 Å². The molecule has 0 saturated carbocycles. The van der Waals surface area contributed by atoms with Crippen molar-refractivity contribution in [1.29, 1.82) is 0 Å². The third kappa shape index (κ3) is 4.38. The summed E-state index contributed by atoms with van der Waals surface area (Å²) in [6.45, 7) is 3.09. The number of nitrogens with zero attached hydrogens (tertiary/aromatic N) is 5. The second-order valence-corrected chi connectivity index (χ2v) is 10.2. The Labute approximate surface area is 191 Å². The van der Waals surface area contributed by atoms with Gasteiger partial charge >= 0.3 is 6.03 Å². The number of hydrogen-bond acceptors (Lipinski definition) is 8. The van der Waals surface area contributed by atoms with Gasteiger partial charge in [-0.1, -0.05) is 12.1 Å². The van der Waals surface area contributed by atoms with Gasteiger partial charge < -0.3 is 15.1 Å². The number of piperazine rings is 1. The Balaban J connectivity index is 1.41. The number of hydrogen-bond donors (Lipinski definition) is 1. The summed E-state index contributed by atoms with van der Waals surface area (Å²) in [5, 5.41) is 2.63. The number of imide groups is 1. The molecule has 1 N–H and O–H groups in total. The average molecular weight is 473 g/mol. The normalized spacial score (nSPS) is 21.3. The second kappa shape index (κ2) is 8.43. The summed E-state index contributed by atoms with van der Waals surface area (Å²) in [4.78, 5) is 51.5. The SMILES string of the molecule is CC1(c2ccc(S(C)(=O)=O)cc2)NC(=O)N(CC(=O)N2CCN(c3ncccn3)CC2)C1=O. The summed E-state index contributed by atoms with van der Waals surface area (Å²) >= 11 is 0. The van der Waals surface area contributed by atoms with Gasteiger partial charge in [-0.15, -0.1) is 0 Å². The lowest BCUT2D eigenvalue weighted by Crippen LogP contribution is -2.52. The number of urea groups is 1. The van der Waals surface area contributed by atoms with E-state index >= 15 is 0 Å². The molecular formula is C21H24N6O5S. The number of anilines is 1. The van der Waals surface area contributed by atoms with Crippen molar-refractivity contribution >= 4 is 33.6 Å². The van der Waals surface area contributed by atoms with Gasteiger partial charge in [-0.2, -0.15) is 0 Å². The number of nitrogens with one attached hydrogen (secondary N) is 1. The van der Waals surface area contributed by atoms with Gasteiger partial charge in [0.05, 0.1) is 4.90 Å². The van der Waals surface area contributed by atoms with E-state index in [0.717, 1.165) is 11.2 Å². The van der Waals surface area contributed by atoms with Crippen LogP contribution in [0.3, 0.4) is 0 Å². The molecule has 0 aliphatic carbocycles. The quantitative estimate of drug-likeness (QED) is 0.601. The highest BCUT2D eigenvalue weighted by atomic mass is 32.2. The van der Waals surface area contributed by atoms with Crippen LogP contribution in [-0.2, 0) is 25.0 Å². The van der Waals surface area contributed by atoms with E-state index in [1.807, 2.05) is 4.90 Å². The van der Waals surface area contributed by atoms with E-state index in [1.54, 1.807) is 23.4 Å². The lowest BCUT2D eigenvalue weighted by Gasteiger charge is -2.35. The smallest absolute Gasteiger partial charge is 0.325 e. The Morgan fingerprint density at radius 3 is 2.24 bits per heavy atom. The topological polar surface area (TPSA) is 133 Å². The number of sulfone groups is 1. The molecule has 1 aromatic carbocycles. The lowest BCUT2D eigenvalue weighted by molar-refractivity contribution is -0.139. The number of aromatic nitrogens is 2. The van der Waals surface area contributed by atoms with E-state index in [2.05, 4.69) is 15.3 Å². The molecule has 0 spiro atoms. The molecule has 1 atom stereocenters. The average Bonchev–Trinajstić information content (AvgIpc) is 3.03. The van der Waals surface area contributed by atoms with Crippen LogP contribution in [0.2, 0.25) is 0 Å². The largest absolute Gasteiger partial charge is 0.338 e. The van der Waals surface area contributed by atoms with Crippen molar-refractivity contribution in [2.75, 3.05) is 43.9 Å². The van der Waals surface area contributed by atoms with Crippen LogP contribution in [0, 0.1) is 0 Å².